The fraction of sp³-hybridized carbons (Fsp3) is 0.778. The molecule has 0 saturated carbocycles. The first-order valence-electron chi connectivity index (χ1n) is 5.11. The lowest BCUT2D eigenvalue weighted by Gasteiger charge is -2.17. The van der Waals surface area contributed by atoms with Crippen molar-refractivity contribution in [2.24, 2.45) is 0 Å². The van der Waals surface area contributed by atoms with Crippen LogP contribution in [0, 0.1) is 0 Å². The SMILES string of the molecule is C=CCP(=O)(O)O.OCCN(CCO)CCO. The number of nitrogens with zero attached hydrogens (tertiary/aromatic N) is 1. The largest absolute Gasteiger partial charge is 0.395 e. The van der Waals surface area contributed by atoms with Crippen molar-refractivity contribution >= 4 is 7.60 Å². The third kappa shape index (κ3) is 18.3. The maximum atomic E-state index is 9.85. The van der Waals surface area contributed by atoms with Crippen LogP contribution >= 0.6 is 7.60 Å². The van der Waals surface area contributed by atoms with Crippen LogP contribution in [0.5, 0.6) is 0 Å². The first-order chi connectivity index (χ1) is 7.91. The maximum Gasteiger partial charge on any atom is 0.329 e. The van der Waals surface area contributed by atoms with Gasteiger partial charge in [-0.05, 0) is 0 Å². The van der Waals surface area contributed by atoms with Crippen LogP contribution in [0.3, 0.4) is 0 Å². The second-order valence-corrected chi connectivity index (χ2v) is 4.84. The molecule has 7 nitrogen and oxygen atoms in total. The standard InChI is InChI=1S/C6H15NO3.C3H7O3P/c8-4-1-7(2-5-9)3-6-10;1-2-3-7(4,5)6/h8-10H,1-6H2;2H,1,3H2,(H2,4,5,6). The van der Waals surface area contributed by atoms with Crippen molar-refractivity contribution in [3.63, 3.8) is 0 Å². The van der Waals surface area contributed by atoms with E-state index in [1.807, 2.05) is 0 Å². The minimum atomic E-state index is -3.78. The summed E-state index contributed by atoms with van der Waals surface area (Å²) in [6, 6.07) is 0. The van der Waals surface area contributed by atoms with Gasteiger partial charge in [-0.25, -0.2) is 0 Å². The predicted molar refractivity (Wildman–Crippen MR) is 64.8 cm³/mol. The van der Waals surface area contributed by atoms with Gasteiger partial charge in [0.1, 0.15) is 0 Å². The molecule has 0 radical (unpaired) electrons. The second-order valence-electron chi connectivity index (χ2n) is 3.15. The summed E-state index contributed by atoms with van der Waals surface area (Å²) in [5.41, 5.74) is 0. The molecule has 17 heavy (non-hydrogen) atoms. The molecular weight excluding hydrogens is 249 g/mol. The lowest BCUT2D eigenvalue weighted by molar-refractivity contribution is 0.136. The molecule has 0 aliphatic rings. The van der Waals surface area contributed by atoms with Gasteiger partial charge in [-0.1, -0.05) is 6.08 Å². The topological polar surface area (TPSA) is 121 Å². The molecule has 0 saturated heterocycles. The Morgan fingerprint density at radius 1 is 1.00 bits per heavy atom. The Bertz CT molecular complexity index is 205. The Morgan fingerprint density at radius 3 is 1.47 bits per heavy atom. The van der Waals surface area contributed by atoms with E-state index in [1.54, 1.807) is 4.90 Å². The molecule has 0 rings (SSSR count). The van der Waals surface area contributed by atoms with E-state index >= 15 is 0 Å². The zero-order valence-electron chi connectivity index (χ0n) is 9.77. The zero-order chi connectivity index (χ0) is 13.7. The number of aliphatic hydroxyl groups excluding tert-OH is 3. The highest BCUT2D eigenvalue weighted by molar-refractivity contribution is 7.51. The van der Waals surface area contributed by atoms with Gasteiger partial charge >= 0.3 is 7.60 Å². The Morgan fingerprint density at radius 2 is 1.35 bits per heavy atom. The monoisotopic (exact) mass is 271 g/mol. The van der Waals surface area contributed by atoms with E-state index in [0.717, 1.165) is 0 Å². The summed E-state index contributed by atoms with van der Waals surface area (Å²) in [4.78, 5) is 17.9. The highest BCUT2D eigenvalue weighted by Crippen LogP contribution is 2.33. The summed E-state index contributed by atoms with van der Waals surface area (Å²) in [7, 11) is -3.78. The quantitative estimate of drug-likeness (QED) is 0.272. The summed E-state index contributed by atoms with van der Waals surface area (Å²) in [6.07, 6.45) is 0.966. The van der Waals surface area contributed by atoms with E-state index in [4.69, 9.17) is 25.1 Å². The van der Waals surface area contributed by atoms with Crippen LogP contribution in [0.4, 0.5) is 0 Å². The van der Waals surface area contributed by atoms with E-state index in [2.05, 4.69) is 6.58 Å². The van der Waals surface area contributed by atoms with Crippen molar-refractivity contribution in [3.8, 4) is 0 Å². The highest BCUT2D eigenvalue weighted by Gasteiger charge is 2.06. The molecule has 0 aliphatic carbocycles. The normalized spacial score (nSPS) is 10.9. The molecule has 0 aromatic rings. The van der Waals surface area contributed by atoms with Crippen molar-refractivity contribution < 1.29 is 29.7 Å². The lowest BCUT2D eigenvalue weighted by Crippen LogP contribution is -2.32. The van der Waals surface area contributed by atoms with Gasteiger partial charge in [0.05, 0.1) is 26.0 Å². The minimum absolute atomic E-state index is 0.0694. The molecule has 0 aromatic heterocycles. The summed E-state index contributed by atoms with van der Waals surface area (Å²) in [5.74, 6) is 0. The predicted octanol–water partition coefficient (Wildman–Crippen LogP) is -1.38. The third-order valence-electron chi connectivity index (χ3n) is 1.62. The smallest absolute Gasteiger partial charge is 0.329 e. The van der Waals surface area contributed by atoms with Crippen molar-refractivity contribution in [3.05, 3.63) is 12.7 Å². The molecule has 104 valence electrons. The Kier molecular flexibility index (Phi) is 13.7. The molecule has 0 amide bonds. The molecule has 5 N–H and O–H groups in total. The molecule has 0 aromatic carbocycles. The molecule has 0 atom stereocenters. The van der Waals surface area contributed by atoms with E-state index < -0.39 is 7.60 Å². The first-order valence-corrected chi connectivity index (χ1v) is 6.91. The molecule has 0 unspecified atom stereocenters. The van der Waals surface area contributed by atoms with Crippen LogP contribution in [0.25, 0.3) is 0 Å². The van der Waals surface area contributed by atoms with Crippen molar-refractivity contribution in [2.45, 2.75) is 0 Å². The van der Waals surface area contributed by atoms with Gasteiger partial charge in [0, 0.05) is 19.6 Å². The number of allylic oxidation sites excluding steroid dienone is 1. The Hall–Kier alpha value is -0.270. The van der Waals surface area contributed by atoms with Crippen molar-refractivity contribution in [1.29, 1.82) is 0 Å². The van der Waals surface area contributed by atoms with Gasteiger partial charge in [0.15, 0.2) is 0 Å². The van der Waals surface area contributed by atoms with Gasteiger partial charge in [-0.2, -0.15) is 0 Å². The molecule has 0 fully saturated rings. The molecular formula is C9H22NO6P. The van der Waals surface area contributed by atoms with Crippen LogP contribution in [0.2, 0.25) is 0 Å². The zero-order valence-corrected chi connectivity index (χ0v) is 10.7. The minimum Gasteiger partial charge on any atom is -0.395 e. The highest BCUT2D eigenvalue weighted by atomic mass is 31.2. The van der Waals surface area contributed by atoms with Crippen LogP contribution < -0.4 is 0 Å². The third-order valence-corrected chi connectivity index (χ3v) is 2.35. The van der Waals surface area contributed by atoms with Crippen molar-refractivity contribution in [2.75, 3.05) is 45.6 Å². The lowest BCUT2D eigenvalue weighted by atomic mass is 10.4. The average molecular weight is 271 g/mol. The van der Waals surface area contributed by atoms with E-state index in [0.29, 0.717) is 19.6 Å². The summed E-state index contributed by atoms with van der Waals surface area (Å²) in [6.45, 7) is 4.91. The first kappa shape index (κ1) is 19.1. The molecule has 0 bridgehead atoms. The van der Waals surface area contributed by atoms with Crippen molar-refractivity contribution in [1.82, 2.24) is 4.90 Å². The van der Waals surface area contributed by atoms with E-state index in [1.165, 1.54) is 6.08 Å². The van der Waals surface area contributed by atoms with Crippen LogP contribution in [0.1, 0.15) is 0 Å². The summed E-state index contributed by atoms with van der Waals surface area (Å²) >= 11 is 0. The van der Waals surface area contributed by atoms with E-state index in [9.17, 15) is 4.57 Å². The molecule has 0 heterocycles. The fourth-order valence-corrected chi connectivity index (χ4v) is 1.26. The van der Waals surface area contributed by atoms with Gasteiger partial charge in [-0.3, -0.25) is 9.46 Å². The molecule has 0 spiro atoms. The Balaban J connectivity index is 0. The number of hydrogen-bond donors (Lipinski definition) is 5. The number of aliphatic hydroxyl groups is 3. The van der Waals surface area contributed by atoms with E-state index in [-0.39, 0.29) is 26.0 Å². The molecule has 0 aliphatic heterocycles. The molecule has 8 heteroatoms. The van der Waals surface area contributed by atoms with Gasteiger partial charge in [0.2, 0.25) is 0 Å². The Labute approximate surface area is 101 Å². The summed E-state index contributed by atoms with van der Waals surface area (Å²) in [5, 5.41) is 25.5. The maximum absolute atomic E-state index is 9.85. The second kappa shape index (κ2) is 12.2. The van der Waals surface area contributed by atoms with Gasteiger partial charge in [0.25, 0.3) is 0 Å². The number of rotatable bonds is 8. The summed E-state index contributed by atoms with van der Waals surface area (Å²) < 4.78 is 9.85. The van der Waals surface area contributed by atoms with Gasteiger partial charge < -0.3 is 25.1 Å². The van der Waals surface area contributed by atoms with Crippen LogP contribution in [-0.2, 0) is 4.57 Å². The van der Waals surface area contributed by atoms with Gasteiger partial charge in [-0.15, -0.1) is 6.58 Å². The van der Waals surface area contributed by atoms with Crippen LogP contribution in [-0.4, -0.2) is 75.6 Å². The average Bonchev–Trinajstić information content (AvgIpc) is 2.18. The van der Waals surface area contributed by atoms with Crippen LogP contribution in [0.15, 0.2) is 12.7 Å². The fourth-order valence-electron chi connectivity index (χ4n) is 0.928. The number of hydrogen-bond acceptors (Lipinski definition) is 5.